The van der Waals surface area contributed by atoms with Gasteiger partial charge in [0.2, 0.25) is 0 Å². The van der Waals surface area contributed by atoms with Crippen LogP contribution in [0.2, 0.25) is 0 Å². The molecule has 0 saturated heterocycles. The van der Waals surface area contributed by atoms with Crippen molar-refractivity contribution in [1.29, 1.82) is 0 Å². The van der Waals surface area contributed by atoms with Gasteiger partial charge in [-0.15, -0.1) is 0 Å². The van der Waals surface area contributed by atoms with E-state index < -0.39 is 0 Å². The maximum atomic E-state index is 12.0. The lowest BCUT2D eigenvalue weighted by atomic mass is 9.92. The van der Waals surface area contributed by atoms with Crippen molar-refractivity contribution in [1.82, 2.24) is 10.6 Å². The molecular formula is C15H17BrN2O3S. The first-order valence-corrected chi connectivity index (χ1v) is 7.79. The Kier molecular flexibility index (Phi) is 5.08. The van der Waals surface area contributed by atoms with E-state index in [2.05, 4.69) is 26.6 Å². The monoisotopic (exact) mass is 384 g/mol. The van der Waals surface area contributed by atoms with E-state index >= 15 is 0 Å². The van der Waals surface area contributed by atoms with Crippen molar-refractivity contribution in [2.75, 3.05) is 14.2 Å². The van der Waals surface area contributed by atoms with Gasteiger partial charge in [0.1, 0.15) is 11.5 Å². The number of carbonyl (C=O) groups excluding carboxylic acids is 1. The summed E-state index contributed by atoms with van der Waals surface area (Å²) in [6.45, 7) is 3.37. The molecule has 2 N–H and O–H groups in total. The average Bonchev–Trinajstić information content (AvgIpc) is 2.45. The second-order valence-corrected chi connectivity index (χ2v) is 6.12. The van der Waals surface area contributed by atoms with Gasteiger partial charge in [0, 0.05) is 22.9 Å². The number of carbonyl (C=O) groups is 1. The number of ether oxygens (including phenoxy) is 2. The molecule has 1 aromatic rings. The second kappa shape index (κ2) is 6.66. The minimum Gasteiger partial charge on any atom is -0.496 e. The summed E-state index contributed by atoms with van der Waals surface area (Å²) in [6, 6.07) is 3.28. The number of hydrogen-bond acceptors (Lipinski definition) is 4. The highest BCUT2D eigenvalue weighted by molar-refractivity contribution is 9.10. The van der Waals surface area contributed by atoms with Crippen molar-refractivity contribution < 1.29 is 14.3 Å². The standard InChI is InChI=1S/C15H17BrN2O3S/c1-7-13(8(2)19)14(18-15(22)17-7)9-5-10(16)12(21-4)6-11(9)20-3/h5-6,14H,1-4H3,(H2,17,18,22). The molecule has 1 heterocycles. The van der Waals surface area contributed by atoms with Crippen molar-refractivity contribution in [3.05, 3.63) is 33.4 Å². The van der Waals surface area contributed by atoms with E-state index in [0.717, 1.165) is 15.7 Å². The highest BCUT2D eigenvalue weighted by Crippen LogP contribution is 2.39. The van der Waals surface area contributed by atoms with E-state index in [-0.39, 0.29) is 11.8 Å². The largest absolute Gasteiger partial charge is 0.496 e. The number of methoxy groups -OCH3 is 2. The normalized spacial score (nSPS) is 17.7. The van der Waals surface area contributed by atoms with Crippen LogP contribution in [0.1, 0.15) is 25.5 Å². The van der Waals surface area contributed by atoms with Gasteiger partial charge in [-0.05, 0) is 48.1 Å². The minimum atomic E-state index is -0.372. The fraction of sp³-hybridized carbons (Fsp3) is 0.333. The predicted molar refractivity (Wildman–Crippen MR) is 92.2 cm³/mol. The third-order valence-electron chi connectivity index (χ3n) is 3.46. The number of nitrogens with one attached hydrogen (secondary N) is 2. The fourth-order valence-electron chi connectivity index (χ4n) is 2.50. The van der Waals surface area contributed by atoms with Crippen molar-refractivity contribution >= 4 is 39.0 Å². The third kappa shape index (κ3) is 3.10. The lowest BCUT2D eigenvalue weighted by Crippen LogP contribution is -2.44. The SMILES string of the molecule is COc1cc(OC)c(C2NC(=S)NC(C)=C2C(C)=O)cc1Br. The topological polar surface area (TPSA) is 59.6 Å². The zero-order valence-corrected chi connectivity index (χ0v) is 15.1. The van der Waals surface area contributed by atoms with Crippen LogP contribution < -0.4 is 20.1 Å². The molecule has 0 fully saturated rings. The van der Waals surface area contributed by atoms with Crippen LogP contribution in [0, 0.1) is 0 Å². The molecule has 118 valence electrons. The van der Waals surface area contributed by atoms with E-state index in [9.17, 15) is 4.79 Å². The summed E-state index contributed by atoms with van der Waals surface area (Å²) in [5.41, 5.74) is 2.18. The molecule has 1 unspecified atom stereocenters. The maximum absolute atomic E-state index is 12.0. The van der Waals surface area contributed by atoms with Gasteiger partial charge in [-0.2, -0.15) is 0 Å². The molecule has 2 rings (SSSR count). The molecule has 0 amide bonds. The molecule has 0 bridgehead atoms. The van der Waals surface area contributed by atoms with E-state index in [1.807, 2.05) is 13.0 Å². The molecule has 22 heavy (non-hydrogen) atoms. The number of halogens is 1. The molecule has 1 aliphatic rings. The van der Waals surface area contributed by atoms with Crippen molar-refractivity contribution in [2.24, 2.45) is 0 Å². The summed E-state index contributed by atoms with van der Waals surface area (Å²) in [4.78, 5) is 12.0. The van der Waals surface area contributed by atoms with Crippen LogP contribution in [0.3, 0.4) is 0 Å². The molecule has 1 aliphatic heterocycles. The zero-order chi connectivity index (χ0) is 16.4. The van der Waals surface area contributed by atoms with Gasteiger partial charge in [0.25, 0.3) is 0 Å². The van der Waals surface area contributed by atoms with E-state index in [4.69, 9.17) is 21.7 Å². The molecule has 5 nitrogen and oxygen atoms in total. The minimum absolute atomic E-state index is 0.0287. The Bertz CT molecular complexity index is 673. The van der Waals surface area contributed by atoms with Crippen molar-refractivity contribution in [2.45, 2.75) is 19.9 Å². The molecule has 0 aliphatic carbocycles. The summed E-state index contributed by atoms with van der Waals surface area (Å²) in [5.74, 6) is 1.25. The van der Waals surface area contributed by atoms with Gasteiger partial charge in [0.05, 0.1) is 24.7 Å². The number of ketones is 1. The summed E-state index contributed by atoms with van der Waals surface area (Å²) < 4.78 is 11.5. The second-order valence-electron chi connectivity index (χ2n) is 4.86. The number of Topliss-reactive ketones (excluding diaryl/α,β-unsaturated/α-hetero) is 1. The number of hydrogen-bond donors (Lipinski definition) is 2. The molecule has 7 heteroatoms. The number of thiocarbonyl (C=S) groups is 1. The van der Waals surface area contributed by atoms with Gasteiger partial charge >= 0.3 is 0 Å². The average molecular weight is 385 g/mol. The first kappa shape index (κ1) is 16.8. The van der Waals surface area contributed by atoms with Crippen LogP contribution in [0.25, 0.3) is 0 Å². The van der Waals surface area contributed by atoms with Gasteiger partial charge in [-0.1, -0.05) is 0 Å². The number of rotatable bonds is 4. The van der Waals surface area contributed by atoms with E-state index in [1.165, 1.54) is 6.92 Å². The number of benzene rings is 1. The van der Waals surface area contributed by atoms with Gasteiger partial charge in [-0.3, -0.25) is 4.79 Å². The molecule has 0 aromatic heterocycles. The first-order chi connectivity index (χ1) is 10.4. The summed E-state index contributed by atoms with van der Waals surface area (Å²) in [5, 5.41) is 6.59. The van der Waals surface area contributed by atoms with Crippen molar-refractivity contribution in [3.63, 3.8) is 0 Å². The Morgan fingerprint density at radius 3 is 2.45 bits per heavy atom. The van der Waals surface area contributed by atoms with Crippen LogP contribution in [0.15, 0.2) is 27.9 Å². The van der Waals surface area contributed by atoms with Crippen LogP contribution in [-0.2, 0) is 4.79 Å². The third-order valence-corrected chi connectivity index (χ3v) is 4.30. The van der Waals surface area contributed by atoms with Crippen LogP contribution in [-0.4, -0.2) is 25.1 Å². The quantitative estimate of drug-likeness (QED) is 0.778. The summed E-state index contributed by atoms with van der Waals surface area (Å²) in [7, 11) is 3.16. The van der Waals surface area contributed by atoms with Crippen molar-refractivity contribution in [3.8, 4) is 11.5 Å². The molecule has 0 radical (unpaired) electrons. The lowest BCUT2D eigenvalue weighted by molar-refractivity contribution is -0.114. The summed E-state index contributed by atoms with van der Waals surface area (Å²) in [6.07, 6.45) is 0. The molecule has 0 saturated carbocycles. The Balaban J connectivity index is 2.62. The highest BCUT2D eigenvalue weighted by atomic mass is 79.9. The van der Waals surface area contributed by atoms with Crippen LogP contribution >= 0.6 is 28.1 Å². The smallest absolute Gasteiger partial charge is 0.171 e. The van der Waals surface area contributed by atoms with Crippen LogP contribution in [0.4, 0.5) is 0 Å². The Hall–Kier alpha value is -1.60. The molecule has 0 spiro atoms. The fourth-order valence-corrected chi connectivity index (χ4v) is 3.30. The van der Waals surface area contributed by atoms with Crippen LogP contribution in [0.5, 0.6) is 11.5 Å². The van der Waals surface area contributed by atoms with Gasteiger partial charge < -0.3 is 20.1 Å². The Morgan fingerprint density at radius 1 is 1.27 bits per heavy atom. The van der Waals surface area contributed by atoms with E-state index in [1.54, 1.807) is 20.3 Å². The Labute approximate surface area is 143 Å². The number of allylic oxidation sites excluding steroid dienone is 1. The maximum Gasteiger partial charge on any atom is 0.171 e. The van der Waals surface area contributed by atoms with Gasteiger partial charge in [0.15, 0.2) is 10.9 Å². The first-order valence-electron chi connectivity index (χ1n) is 6.59. The van der Waals surface area contributed by atoms with E-state index in [0.29, 0.717) is 22.2 Å². The zero-order valence-electron chi connectivity index (χ0n) is 12.7. The lowest BCUT2D eigenvalue weighted by Gasteiger charge is -2.31. The highest BCUT2D eigenvalue weighted by Gasteiger charge is 2.30. The Morgan fingerprint density at radius 2 is 1.91 bits per heavy atom. The molecular weight excluding hydrogens is 368 g/mol. The van der Waals surface area contributed by atoms with Gasteiger partial charge in [-0.25, -0.2) is 0 Å². The summed E-state index contributed by atoms with van der Waals surface area (Å²) >= 11 is 8.68. The predicted octanol–water partition coefficient (Wildman–Crippen LogP) is 2.85. The molecule has 1 atom stereocenters. The molecule has 1 aromatic carbocycles.